The Bertz CT molecular complexity index is 1160. The topological polar surface area (TPSA) is 95.5 Å². The SMILES string of the molecule is O=[N+]([O-])c1ccc(N(CCc2c[nH]c3ccccc23)CC(O)c2ccoc2)c(F)c1. The second-order valence-corrected chi connectivity index (χ2v) is 7.02. The van der Waals surface area contributed by atoms with Crippen LogP contribution in [0.4, 0.5) is 15.8 Å². The molecule has 4 rings (SSSR count). The van der Waals surface area contributed by atoms with Crippen molar-refractivity contribution in [1.29, 1.82) is 0 Å². The summed E-state index contributed by atoms with van der Waals surface area (Å²) in [5, 5.41) is 22.6. The summed E-state index contributed by atoms with van der Waals surface area (Å²) in [6.07, 6.45) is 4.51. The number of benzene rings is 2. The van der Waals surface area contributed by atoms with Gasteiger partial charge in [0.25, 0.3) is 5.69 Å². The maximum Gasteiger partial charge on any atom is 0.272 e. The number of aromatic amines is 1. The van der Waals surface area contributed by atoms with Gasteiger partial charge in [-0.15, -0.1) is 0 Å². The number of aromatic nitrogens is 1. The molecule has 0 aliphatic rings. The predicted octanol–water partition coefficient (Wildman–Crippen LogP) is 4.59. The highest BCUT2D eigenvalue weighted by Gasteiger charge is 2.20. The molecule has 8 heteroatoms. The highest BCUT2D eigenvalue weighted by Crippen LogP contribution is 2.27. The number of fused-ring (bicyclic) bond motifs is 1. The second kappa shape index (κ2) is 8.38. The Kier molecular flexibility index (Phi) is 5.49. The number of aliphatic hydroxyl groups excluding tert-OH is 1. The van der Waals surface area contributed by atoms with E-state index in [0.717, 1.165) is 22.5 Å². The highest BCUT2D eigenvalue weighted by atomic mass is 19.1. The molecule has 1 atom stereocenters. The minimum Gasteiger partial charge on any atom is -0.472 e. The van der Waals surface area contributed by atoms with Crippen molar-refractivity contribution in [1.82, 2.24) is 4.98 Å². The number of aliphatic hydroxyl groups is 1. The zero-order valence-corrected chi connectivity index (χ0v) is 16.0. The van der Waals surface area contributed by atoms with Crippen molar-refractivity contribution in [2.75, 3.05) is 18.0 Å². The van der Waals surface area contributed by atoms with E-state index in [1.165, 1.54) is 24.7 Å². The third kappa shape index (κ3) is 4.04. The number of furan rings is 1. The molecule has 30 heavy (non-hydrogen) atoms. The van der Waals surface area contributed by atoms with Crippen LogP contribution in [0, 0.1) is 15.9 Å². The van der Waals surface area contributed by atoms with E-state index in [1.807, 2.05) is 30.5 Å². The minimum absolute atomic E-state index is 0.108. The molecule has 0 radical (unpaired) electrons. The molecule has 0 amide bonds. The van der Waals surface area contributed by atoms with Gasteiger partial charge in [0, 0.05) is 41.8 Å². The van der Waals surface area contributed by atoms with Crippen molar-refractivity contribution in [3.63, 3.8) is 0 Å². The third-order valence-corrected chi connectivity index (χ3v) is 5.13. The second-order valence-electron chi connectivity index (χ2n) is 7.02. The first-order valence-corrected chi connectivity index (χ1v) is 9.47. The van der Waals surface area contributed by atoms with Crippen LogP contribution < -0.4 is 4.90 Å². The molecule has 0 fully saturated rings. The lowest BCUT2D eigenvalue weighted by Gasteiger charge is -2.27. The maximum absolute atomic E-state index is 14.7. The number of hydrogen-bond acceptors (Lipinski definition) is 5. The number of non-ortho nitro benzene ring substituents is 1. The molecule has 2 aromatic carbocycles. The van der Waals surface area contributed by atoms with Crippen molar-refractivity contribution in [3.8, 4) is 0 Å². The summed E-state index contributed by atoms with van der Waals surface area (Å²) in [7, 11) is 0. The molecule has 154 valence electrons. The Hall–Kier alpha value is -3.65. The number of halogens is 1. The summed E-state index contributed by atoms with van der Waals surface area (Å²) < 4.78 is 19.7. The van der Waals surface area contributed by atoms with E-state index in [-0.39, 0.29) is 17.9 Å². The number of rotatable bonds is 8. The Labute approximate surface area is 171 Å². The summed E-state index contributed by atoms with van der Waals surface area (Å²) in [4.78, 5) is 15.2. The van der Waals surface area contributed by atoms with Crippen LogP contribution in [0.2, 0.25) is 0 Å². The van der Waals surface area contributed by atoms with Gasteiger partial charge in [-0.05, 0) is 30.2 Å². The van der Waals surface area contributed by atoms with Gasteiger partial charge in [0.2, 0.25) is 0 Å². The lowest BCUT2D eigenvalue weighted by Crippen LogP contribution is -2.31. The molecule has 1 unspecified atom stereocenters. The van der Waals surface area contributed by atoms with E-state index in [2.05, 4.69) is 4.98 Å². The summed E-state index contributed by atoms with van der Waals surface area (Å²) in [6.45, 7) is 0.516. The first-order chi connectivity index (χ1) is 14.5. The minimum atomic E-state index is -0.902. The summed E-state index contributed by atoms with van der Waals surface area (Å²) in [5.74, 6) is -0.706. The number of nitrogens with one attached hydrogen (secondary N) is 1. The van der Waals surface area contributed by atoms with E-state index in [9.17, 15) is 19.6 Å². The number of nitrogens with zero attached hydrogens (tertiary/aromatic N) is 2. The fraction of sp³-hybridized carbons (Fsp3) is 0.182. The van der Waals surface area contributed by atoms with Crippen molar-refractivity contribution in [2.24, 2.45) is 0 Å². The average Bonchev–Trinajstić information content (AvgIpc) is 3.41. The van der Waals surface area contributed by atoms with Crippen LogP contribution in [0.3, 0.4) is 0 Å². The van der Waals surface area contributed by atoms with E-state index < -0.39 is 16.8 Å². The molecular weight excluding hydrogens is 389 g/mol. The van der Waals surface area contributed by atoms with Crippen molar-refractivity contribution >= 4 is 22.3 Å². The molecule has 0 aliphatic carbocycles. The fourth-order valence-electron chi connectivity index (χ4n) is 3.55. The predicted molar refractivity (Wildman–Crippen MR) is 111 cm³/mol. The number of para-hydroxylation sites is 1. The molecule has 7 nitrogen and oxygen atoms in total. The van der Waals surface area contributed by atoms with Gasteiger partial charge in [0.15, 0.2) is 5.82 Å². The van der Waals surface area contributed by atoms with E-state index in [0.29, 0.717) is 18.5 Å². The molecule has 0 saturated heterocycles. The van der Waals surface area contributed by atoms with Crippen LogP contribution in [0.5, 0.6) is 0 Å². The average molecular weight is 409 g/mol. The zero-order valence-electron chi connectivity index (χ0n) is 16.0. The van der Waals surface area contributed by atoms with Crippen molar-refractivity contribution in [2.45, 2.75) is 12.5 Å². The normalized spacial score (nSPS) is 12.2. The largest absolute Gasteiger partial charge is 0.472 e. The number of anilines is 1. The number of H-pyrrole nitrogens is 1. The smallest absolute Gasteiger partial charge is 0.272 e. The van der Waals surface area contributed by atoms with Gasteiger partial charge >= 0.3 is 0 Å². The van der Waals surface area contributed by atoms with Crippen LogP contribution in [-0.2, 0) is 6.42 Å². The molecule has 0 aliphatic heterocycles. The van der Waals surface area contributed by atoms with Gasteiger partial charge in [-0.3, -0.25) is 10.1 Å². The van der Waals surface area contributed by atoms with Gasteiger partial charge in [0.1, 0.15) is 0 Å². The number of nitro groups is 1. The molecule has 2 aromatic heterocycles. The van der Waals surface area contributed by atoms with Crippen LogP contribution in [-0.4, -0.2) is 28.1 Å². The van der Waals surface area contributed by atoms with E-state index in [1.54, 1.807) is 11.0 Å². The molecule has 4 aromatic rings. The number of hydrogen-bond donors (Lipinski definition) is 2. The molecule has 2 N–H and O–H groups in total. The van der Waals surface area contributed by atoms with Crippen LogP contribution >= 0.6 is 0 Å². The molecule has 2 heterocycles. The molecule has 0 saturated carbocycles. The first kappa shape index (κ1) is 19.7. The van der Waals surface area contributed by atoms with Crippen LogP contribution in [0.25, 0.3) is 10.9 Å². The van der Waals surface area contributed by atoms with Gasteiger partial charge < -0.3 is 19.4 Å². The monoisotopic (exact) mass is 409 g/mol. The quantitative estimate of drug-likeness (QED) is 0.328. The molecular formula is C22H20FN3O4. The zero-order chi connectivity index (χ0) is 21.1. The Balaban J connectivity index is 1.60. The summed E-state index contributed by atoms with van der Waals surface area (Å²) in [6, 6.07) is 13.1. The Morgan fingerprint density at radius 3 is 2.80 bits per heavy atom. The third-order valence-electron chi connectivity index (χ3n) is 5.13. The van der Waals surface area contributed by atoms with Gasteiger partial charge in [-0.2, -0.15) is 0 Å². The molecule has 0 spiro atoms. The van der Waals surface area contributed by atoms with Crippen molar-refractivity contribution in [3.05, 3.63) is 94.3 Å². The highest BCUT2D eigenvalue weighted by molar-refractivity contribution is 5.83. The maximum atomic E-state index is 14.7. The van der Waals surface area contributed by atoms with E-state index >= 15 is 0 Å². The van der Waals surface area contributed by atoms with Crippen LogP contribution in [0.15, 0.2) is 71.7 Å². The molecule has 0 bridgehead atoms. The van der Waals surface area contributed by atoms with Gasteiger partial charge in [-0.25, -0.2) is 4.39 Å². The van der Waals surface area contributed by atoms with Gasteiger partial charge in [0.05, 0.1) is 35.3 Å². The lowest BCUT2D eigenvalue weighted by molar-refractivity contribution is -0.385. The lowest BCUT2D eigenvalue weighted by atomic mass is 10.1. The fourth-order valence-corrected chi connectivity index (χ4v) is 3.55. The van der Waals surface area contributed by atoms with Crippen LogP contribution in [0.1, 0.15) is 17.2 Å². The standard InChI is InChI=1S/C22H20FN3O4/c23-19-11-17(26(28)29)5-6-21(19)25(13-22(27)16-8-10-30-14-16)9-7-15-12-24-20-4-2-1-3-18(15)20/h1-6,8,10-12,14,22,24,27H,7,9,13H2. The first-order valence-electron chi connectivity index (χ1n) is 9.47. The summed E-state index contributed by atoms with van der Waals surface area (Å²) >= 11 is 0. The Morgan fingerprint density at radius 1 is 1.23 bits per heavy atom. The summed E-state index contributed by atoms with van der Waals surface area (Å²) in [5.41, 5.74) is 2.54. The Morgan fingerprint density at radius 2 is 2.07 bits per heavy atom. The van der Waals surface area contributed by atoms with Crippen molar-refractivity contribution < 1.29 is 18.8 Å². The van der Waals surface area contributed by atoms with Gasteiger partial charge in [-0.1, -0.05) is 18.2 Å². The van der Waals surface area contributed by atoms with E-state index in [4.69, 9.17) is 4.42 Å². The number of nitro benzene ring substituents is 1.